The first kappa shape index (κ1) is 11.2. The second-order valence-electron chi connectivity index (χ2n) is 2.32. The third-order valence-electron chi connectivity index (χ3n) is 1.40. The van der Waals surface area contributed by atoms with E-state index in [2.05, 4.69) is 0 Å². The summed E-state index contributed by atoms with van der Waals surface area (Å²) in [6.07, 6.45) is 0. The molecule has 0 saturated heterocycles. The van der Waals surface area contributed by atoms with Gasteiger partial charge >= 0.3 is 8.56 Å². The fourth-order valence-corrected chi connectivity index (χ4v) is 3.41. The Morgan fingerprint density at radius 1 is 1.45 bits per heavy atom. The lowest BCUT2D eigenvalue weighted by Gasteiger charge is -2.21. The molecule has 66 valence electrons. The van der Waals surface area contributed by atoms with Gasteiger partial charge in [0.05, 0.1) is 0 Å². The van der Waals surface area contributed by atoms with Crippen molar-refractivity contribution in [3.8, 4) is 0 Å². The number of carbonyl (C=O) groups is 1. The van der Waals surface area contributed by atoms with E-state index in [0.29, 0.717) is 5.38 Å². The minimum absolute atomic E-state index is 0.109. The third-order valence-corrected chi connectivity index (χ3v) is 6.21. The summed E-state index contributed by atoms with van der Waals surface area (Å²) in [5.41, 5.74) is 0. The van der Waals surface area contributed by atoms with Gasteiger partial charge < -0.3 is 8.85 Å². The lowest BCUT2D eigenvalue weighted by molar-refractivity contribution is -0.109. The van der Waals surface area contributed by atoms with Crippen LogP contribution in [0.25, 0.3) is 0 Å². The van der Waals surface area contributed by atoms with Gasteiger partial charge in [-0.2, -0.15) is 0 Å². The summed E-state index contributed by atoms with van der Waals surface area (Å²) in [6, 6.07) is 0. The van der Waals surface area contributed by atoms with E-state index in [-0.39, 0.29) is 5.12 Å². The van der Waals surface area contributed by atoms with Crippen molar-refractivity contribution in [2.75, 3.05) is 19.6 Å². The Balaban J connectivity index is 3.78. The molecule has 0 saturated carbocycles. The molecule has 0 radical (unpaired) electrons. The molecule has 0 unspecified atom stereocenters. The molecule has 5 heteroatoms. The number of hydrogen-bond acceptors (Lipinski definition) is 4. The molecule has 0 atom stereocenters. The number of carbonyl (C=O) groups excluding carboxylic acids is 1. The van der Waals surface area contributed by atoms with Gasteiger partial charge in [0.1, 0.15) is 0 Å². The minimum Gasteiger partial charge on any atom is -0.397 e. The Kier molecular flexibility index (Phi) is 4.99. The first-order valence-corrected chi connectivity index (χ1v) is 6.78. The molecule has 11 heavy (non-hydrogen) atoms. The molecule has 0 spiro atoms. The molecular formula is C6H14O3SSi. The lowest BCUT2D eigenvalue weighted by Crippen LogP contribution is -2.40. The van der Waals surface area contributed by atoms with E-state index in [1.165, 1.54) is 11.8 Å². The van der Waals surface area contributed by atoms with Crippen molar-refractivity contribution in [3.63, 3.8) is 0 Å². The molecule has 0 aromatic heterocycles. The summed E-state index contributed by atoms with van der Waals surface area (Å²) < 4.78 is 10.4. The van der Waals surface area contributed by atoms with Gasteiger partial charge in [0, 0.05) is 26.5 Å². The molecule has 0 rings (SSSR count). The molecule has 0 aromatic carbocycles. The van der Waals surface area contributed by atoms with Gasteiger partial charge in [-0.25, -0.2) is 0 Å². The Morgan fingerprint density at radius 2 is 1.91 bits per heavy atom. The highest BCUT2D eigenvalue weighted by Gasteiger charge is 2.29. The summed E-state index contributed by atoms with van der Waals surface area (Å²) in [5, 5.41) is 0.771. The van der Waals surface area contributed by atoms with Crippen LogP contribution in [0, 0.1) is 0 Å². The average molecular weight is 194 g/mol. The highest BCUT2D eigenvalue weighted by molar-refractivity contribution is 8.14. The predicted molar refractivity (Wildman–Crippen MR) is 48.8 cm³/mol. The van der Waals surface area contributed by atoms with Crippen LogP contribution in [0.4, 0.5) is 0 Å². The smallest absolute Gasteiger partial charge is 0.345 e. The van der Waals surface area contributed by atoms with Gasteiger partial charge in [-0.1, -0.05) is 11.8 Å². The molecule has 0 aromatic rings. The lowest BCUT2D eigenvalue weighted by atomic mass is 10.9. The highest BCUT2D eigenvalue weighted by Crippen LogP contribution is 2.13. The van der Waals surface area contributed by atoms with Crippen molar-refractivity contribution >= 4 is 25.4 Å². The van der Waals surface area contributed by atoms with Gasteiger partial charge in [-0.05, 0) is 6.55 Å². The molecule has 0 aliphatic rings. The van der Waals surface area contributed by atoms with Crippen LogP contribution in [0.5, 0.6) is 0 Å². The van der Waals surface area contributed by atoms with Crippen molar-refractivity contribution in [2.24, 2.45) is 0 Å². The van der Waals surface area contributed by atoms with E-state index in [0.717, 1.165) is 0 Å². The van der Waals surface area contributed by atoms with Crippen molar-refractivity contribution in [3.05, 3.63) is 0 Å². The number of hydrogen-bond donors (Lipinski definition) is 0. The maximum atomic E-state index is 10.6. The maximum absolute atomic E-state index is 10.6. The van der Waals surface area contributed by atoms with Gasteiger partial charge in [-0.15, -0.1) is 0 Å². The quantitative estimate of drug-likeness (QED) is 0.629. The van der Waals surface area contributed by atoms with Crippen molar-refractivity contribution < 1.29 is 13.6 Å². The van der Waals surface area contributed by atoms with Crippen LogP contribution in [0.2, 0.25) is 6.55 Å². The summed E-state index contributed by atoms with van der Waals surface area (Å²) in [7, 11) is 1.22. The zero-order valence-electron chi connectivity index (χ0n) is 7.34. The zero-order chi connectivity index (χ0) is 8.91. The number of thioether (sulfide) groups is 1. The highest BCUT2D eigenvalue weighted by atomic mass is 32.2. The van der Waals surface area contributed by atoms with E-state index in [1.807, 2.05) is 6.55 Å². The average Bonchev–Trinajstić information content (AvgIpc) is 2.00. The van der Waals surface area contributed by atoms with Crippen molar-refractivity contribution in [2.45, 2.75) is 13.5 Å². The van der Waals surface area contributed by atoms with Crippen LogP contribution in [0.15, 0.2) is 0 Å². The molecule has 0 N–H and O–H groups in total. The third kappa shape index (κ3) is 4.57. The van der Waals surface area contributed by atoms with E-state index >= 15 is 0 Å². The van der Waals surface area contributed by atoms with E-state index < -0.39 is 8.56 Å². The van der Waals surface area contributed by atoms with Crippen LogP contribution < -0.4 is 0 Å². The van der Waals surface area contributed by atoms with Gasteiger partial charge in [-0.3, -0.25) is 4.79 Å². The minimum atomic E-state index is -2.02. The SMILES string of the molecule is CO[Si](C)(CSC(C)=O)OC. The fourth-order valence-electron chi connectivity index (χ4n) is 0.434. The second kappa shape index (κ2) is 4.92. The summed E-state index contributed by atoms with van der Waals surface area (Å²) >= 11 is 1.26. The molecule has 0 fully saturated rings. The van der Waals surface area contributed by atoms with Crippen molar-refractivity contribution in [1.82, 2.24) is 0 Å². The van der Waals surface area contributed by atoms with Crippen LogP contribution in [0.3, 0.4) is 0 Å². The zero-order valence-corrected chi connectivity index (χ0v) is 9.16. The van der Waals surface area contributed by atoms with Crippen LogP contribution in [-0.4, -0.2) is 33.3 Å². The Morgan fingerprint density at radius 3 is 2.18 bits per heavy atom. The van der Waals surface area contributed by atoms with E-state index in [1.54, 1.807) is 21.1 Å². The summed E-state index contributed by atoms with van der Waals surface area (Å²) in [6.45, 7) is 3.48. The molecule has 0 aliphatic heterocycles. The van der Waals surface area contributed by atoms with Gasteiger partial charge in [0.2, 0.25) is 0 Å². The molecular weight excluding hydrogens is 180 g/mol. The maximum Gasteiger partial charge on any atom is 0.345 e. The standard InChI is InChI=1S/C6H14O3SSi/c1-6(7)10-5-11(4,8-2)9-3/h5H2,1-4H3. The first-order chi connectivity index (χ1) is 5.04. The molecule has 0 aliphatic carbocycles. The molecule has 0 heterocycles. The summed E-state index contributed by atoms with van der Waals surface area (Å²) in [4.78, 5) is 10.6. The Bertz CT molecular complexity index is 136. The summed E-state index contributed by atoms with van der Waals surface area (Å²) in [5.74, 6) is 0. The number of rotatable bonds is 4. The topological polar surface area (TPSA) is 35.5 Å². The fraction of sp³-hybridized carbons (Fsp3) is 0.833. The predicted octanol–water partition coefficient (Wildman–Crippen LogP) is 1.17. The van der Waals surface area contributed by atoms with E-state index in [9.17, 15) is 4.79 Å². The largest absolute Gasteiger partial charge is 0.397 e. The van der Waals surface area contributed by atoms with Crippen LogP contribution in [-0.2, 0) is 13.6 Å². The van der Waals surface area contributed by atoms with Crippen molar-refractivity contribution in [1.29, 1.82) is 0 Å². The van der Waals surface area contributed by atoms with Crippen LogP contribution in [0.1, 0.15) is 6.92 Å². The Labute approximate surface area is 72.7 Å². The van der Waals surface area contributed by atoms with Gasteiger partial charge in [0.25, 0.3) is 0 Å². The molecule has 0 amide bonds. The normalized spacial score (nSPS) is 11.6. The second-order valence-corrected chi connectivity index (χ2v) is 7.42. The van der Waals surface area contributed by atoms with Crippen LogP contribution >= 0.6 is 11.8 Å². The first-order valence-electron chi connectivity index (χ1n) is 3.28. The van der Waals surface area contributed by atoms with Gasteiger partial charge in [0.15, 0.2) is 5.12 Å². The molecule has 0 bridgehead atoms. The monoisotopic (exact) mass is 194 g/mol. The molecule has 3 nitrogen and oxygen atoms in total. The Hall–Kier alpha value is 0.157. The van der Waals surface area contributed by atoms with E-state index in [4.69, 9.17) is 8.85 Å².